The molecule has 0 bridgehead atoms. The summed E-state index contributed by atoms with van der Waals surface area (Å²) in [6.45, 7) is 16.4. The van der Waals surface area contributed by atoms with Gasteiger partial charge in [0.05, 0.1) is 0 Å². The summed E-state index contributed by atoms with van der Waals surface area (Å²) in [4.78, 5) is 2.66. The average Bonchev–Trinajstić information content (AvgIpc) is 2.34. The van der Waals surface area contributed by atoms with Gasteiger partial charge in [-0.05, 0) is 51.7 Å². The Morgan fingerprint density at radius 1 is 0.944 bits per heavy atom. The van der Waals surface area contributed by atoms with Crippen LogP contribution in [0.4, 0.5) is 0 Å². The molecule has 0 aromatic heterocycles. The Balaban J connectivity index is 3.83. The second-order valence-corrected chi connectivity index (χ2v) is 5.98. The summed E-state index contributed by atoms with van der Waals surface area (Å²) in [6, 6.07) is 0.676. The minimum absolute atomic E-state index is 0.676. The lowest BCUT2D eigenvalue weighted by Gasteiger charge is -2.29. The SMILES string of the molecule is CCCCN(CCCC)C(C)CNCCC(C)C. The molecule has 2 nitrogen and oxygen atoms in total. The standard InChI is InChI=1S/C16H36N2/c1-6-8-12-18(13-9-7-2)16(5)14-17-11-10-15(3)4/h15-17H,6-14H2,1-5H3. The third-order valence-corrected chi connectivity index (χ3v) is 3.56. The molecular weight excluding hydrogens is 220 g/mol. The van der Waals surface area contributed by atoms with Gasteiger partial charge in [0.15, 0.2) is 0 Å². The van der Waals surface area contributed by atoms with E-state index in [1.54, 1.807) is 0 Å². The van der Waals surface area contributed by atoms with Crippen LogP contribution in [0.15, 0.2) is 0 Å². The van der Waals surface area contributed by atoms with Crippen LogP contribution in [0.1, 0.15) is 66.7 Å². The minimum atomic E-state index is 0.676. The van der Waals surface area contributed by atoms with Crippen molar-refractivity contribution in [2.24, 2.45) is 5.92 Å². The molecule has 0 aliphatic rings. The van der Waals surface area contributed by atoms with Crippen LogP contribution in [-0.4, -0.2) is 37.1 Å². The zero-order valence-corrected chi connectivity index (χ0v) is 13.5. The lowest BCUT2D eigenvalue weighted by atomic mass is 10.1. The zero-order valence-electron chi connectivity index (χ0n) is 13.5. The van der Waals surface area contributed by atoms with Crippen LogP contribution < -0.4 is 5.32 Å². The smallest absolute Gasteiger partial charge is 0.0192 e. The predicted octanol–water partition coefficient (Wildman–Crippen LogP) is 3.91. The van der Waals surface area contributed by atoms with Gasteiger partial charge in [-0.1, -0.05) is 40.5 Å². The average molecular weight is 256 g/mol. The Hall–Kier alpha value is -0.0800. The monoisotopic (exact) mass is 256 g/mol. The van der Waals surface area contributed by atoms with Crippen molar-refractivity contribution in [3.63, 3.8) is 0 Å². The molecular formula is C16H36N2. The third-order valence-electron chi connectivity index (χ3n) is 3.56. The molecule has 0 aliphatic carbocycles. The first-order chi connectivity index (χ1) is 8.61. The van der Waals surface area contributed by atoms with Crippen molar-refractivity contribution < 1.29 is 0 Å². The molecule has 18 heavy (non-hydrogen) atoms. The maximum Gasteiger partial charge on any atom is 0.0192 e. The van der Waals surface area contributed by atoms with Gasteiger partial charge in [-0.25, -0.2) is 0 Å². The highest BCUT2D eigenvalue weighted by molar-refractivity contribution is 4.70. The van der Waals surface area contributed by atoms with E-state index >= 15 is 0 Å². The Morgan fingerprint density at radius 2 is 1.50 bits per heavy atom. The van der Waals surface area contributed by atoms with Crippen molar-refractivity contribution in [2.45, 2.75) is 72.8 Å². The molecule has 0 aromatic carbocycles. The first-order valence-corrected chi connectivity index (χ1v) is 8.06. The van der Waals surface area contributed by atoms with E-state index in [9.17, 15) is 0 Å². The summed E-state index contributed by atoms with van der Waals surface area (Å²) in [7, 11) is 0. The lowest BCUT2D eigenvalue weighted by Crippen LogP contribution is -2.41. The van der Waals surface area contributed by atoms with E-state index in [0.717, 1.165) is 19.0 Å². The molecule has 0 saturated heterocycles. The van der Waals surface area contributed by atoms with E-state index in [0.29, 0.717) is 6.04 Å². The highest BCUT2D eigenvalue weighted by Crippen LogP contribution is 2.05. The molecule has 0 saturated carbocycles. The van der Waals surface area contributed by atoms with Crippen LogP contribution in [0.5, 0.6) is 0 Å². The summed E-state index contributed by atoms with van der Waals surface area (Å²) in [5.74, 6) is 0.809. The molecule has 1 N–H and O–H groups in total. The fourth-order valence-electron chi connectivity index (χ4n) is 2.11. The molecule has 0 radical (unpaired) electrons. The van der Waals surface area contributed by atoms with E-state index in [1.165, 1.54) is 45.2 Å². The minimum Gasteiger partial charge on any atom is -0.315 e. The fourth-order valence-corrected chi connectivity index (χ4v) is 2.11. The first-order valence-electron chi connectivity index (χ1n) is 8.06. The van der Waals surface area contributed by atoms with Gasteiger partial charge in [0, 0.05) is 12.6 Å². The molecule has 0 amide bonds. The molecule has 110 valence electrons. The van der Waals surface area contributed by atoms with Crippen molar-refractivity contribution in [3.8, 4) is 0 Å². The Morgan fingerprint density at radius 3 is 1.94 bits per heavy atom. The van der Waals surface area contributed by atoms with Crippen LogP contribution >= 0.6 is 0 Å². The summed E-state index contributed by atoms with van der Waals surface area (Å²) >= 11 is 0. The Bertz CT molecular complexity index is 160. The van der Waals surface area contributed by atoms with E-state index < -0.39 is 0 Å². The topological polar surface area (TPSA) is 15.3 Å². The van der Waals surface area contributed by atoms with Gasteiger partial charge in [-0.3, -0.25) is 4.90 Å². The molecule has 0 aromatic rings. The number of nitrogens with zero attached hydrogens (tertiary/aromatic N) is 1. The van der Waals surface area contributed by atoms with Gasteiger partial charge in [-0.2, -0.15) is 0 Å². The molecule has 1 unspecified atom stereocenters. The number of nitrogens with one attached hydrogen (secondary N) is 1. The summed E-state index contributed by atoms with van der Waals surface area (Å²) in [5.41, 5.74) is 0. The van der Waals surface area contributed by atoms with E-state index in [1.807, 2.05) is 0 Å². The number of unbranched alkanes of at least 4 members (excludes halogenated alkanes) is 2. The lowest BCUT2D eigenvalue weighted by molar-refractivity contribution is 0.198. The van der Waals surface area contributed by atoms with Gasteiger partial charge in [-0.15, -0.1) is 0 Å². The van der Waals surface area contributed by atoms with Crippen molar-refractivity contribution in [2.75, 3.05) is 26.2 Å². The molecule has 2 heteroatoms. The molecule has 0 aliphatic heterocycles. The van der Waals surface area contributed by atoms with Gasteiger partial charge in [0.2, 0.25) is 0 Å². The molecule has 0 fully saturated rings. The maximum atomic E-state index is 3.61. The third kappa shape index (κ3) is 9.90. The molecule has 1 atom stereocenters. The van der Waals surface area contributed by atoms with Crippen molar-refractivity contribution in [1.82, 2.24) is 10.2 Å². The fraction of sp³-hybridized carbons (Fsp3) is 1.00. The Labute approximate surface area is 116 Å². The summed E-state index contributed by atoms with van der Waals surface area (Å²) in [6.07, 6.45) is 6.56. The quantitative estimate of drug-likeness (QED) is 0.533. The second-order valence-electron chi connectivity index (χ2n) is 5.98. The summed E-state index contributed by atoms with van der Waals surface area (Å²) < 4.78 is 0. The van der Waals surface area contributed by atoms with Gasteiger partial charge in [0.1, 0.15) is 0 Å². The predicted molar refractivity (Wildman–Crippen MR) is 83.2 cm³/mol. The van der Waals surface area contributed by atoms with E-state index in [2.05, 4.69) is 44.8 Å². The van der Waals surface area contributed by atoms with Gasteiger partial charge in [0.25, 0.3) is 0 Å². The highest BCUT2D eigenvalue weighted by atomic mass is 15.2. The van der Waals surface area contributed by atoms with E-state index in [-0.39, 0.29) is 0 Å². The second kappa shape index (κ2) is 12.0. The van der Waals surface area contributed by atoms with Crippen LogP contribution in [0, 0.1) is 5.92 Å². The highest BCUT2D eigenvalue weighted by Gasteiger charge is 2.12. The van der Waals surface area contributed by atoms with Gasteiger partial charge >= 0.3 is 0 Å². The van der Waals surface area contributed by atoms with E-state index in [4.69, 9.17) is 0 Å². The molecule has 0 heterocycles. The zero-order chi connectivity index (χ0) is 13.8. The Kier molecular flexibility index (Phi) is 11.9. The van der Waals surface area contributed by atoms with Crippen molar-refractivity contribution >= 4 is 0 Å². The van der Waals surface area contributed by atoms with Crippen LogP contribution in [0.25, 0.3) is 0 Å². The van der Waals surface area contributed by atoms with Crippen LogP contribution in [-0.2, 0) is 0 Å². The van der Waals surface area contributed by atoms with Gasteiger partial charge < -0.3 is 5.32 Å². The van der Waals surface area contributed by atoms with Crippen LogP contribution in [0.3, 0.4) is 0 Å². The molecule has 0 rings (SSSR count). The first kappa shape index (κ1) is 17.9. The number of hydrogen-bond donors (Lipinski definition) is 1. The van der Waals surface area contributed by atoms with Crippen molar-refractivity contribution in [3.05, 3.63) is 0 Å². The van der Waals surface area contributed by atoms with Crippen LogP contribution in [0.2, 0.25) is 0 Å². The number of rotatable bonds is 12. The number of hydrogen-bond acceptors (Lipinski definition) is 2. The van der Waals surface area contributed by atoms with Crippen molar-refractivity contribution in [1.29, 1.82) is 0 Å². The summed E-state index contributed by atoms with van der Waals surface area (Å²) in [5, 5.41) is 3.61. The molecule has 0 spiro atoms. The maximum absolute atomic E-state index is 3.61. The largest absolute Gasteiger partial charge is 0.315 e. The normalized spacial score (nSPS) is 13.5.